The van der Waals surface area contributed by atoms with Gasteiger partial charge < -0.3 is 10.4 Å². The summed E-state index contributed by atoms with van der Waals surface area (Å²) in [7, 11) is 0. The van der Waals surface area contributed by atoms with E-state index >= 15 is 0 Å². The van der Waals surface area contributed by atoms with Gasteiger partial charge in [0.2, 0.25) is 0 Å². The fourth-order valence-corrected chi connectivity index (χ4v) is 4.22. The second-order valence-corrected chi connectivity index (χ2v) is 8.90. The molecule has 0 heterocycles. The van der Waals surface area contributed by atoms with Crippen LogP contribution in [0.25, 0.3) is 11.1 Å². The number of benzene rings is 4. The third-order valence-electron chi connectivity index (χ3n) is 5.99. The molecule has 0 aliphatic carbocycles. The average molecular weight is 495 g/mol. The van der Waals surface area contributed by atoms with Crippen LogP contribution in [0.2, 0.25) is 5.02 Å². The second-order valence-electron chi connectivity index (χ2n) is 8.50. The number of nitrogens with zero attached hydrogens (tertiary/aromatic N) is 1. The highest BCUT2D eigenvalue weighted by atomic mass is 35.5. The zero-order chi connectivity index (χ0) is 25.7. The van der Waals surface area contributed by atoms with E-state index in [1.54, 1.807) is 42.5 Å². The molecule has 0 aromatic heterocycles. The van der Waals surface area contributed by atoms with E-state index in [4.69, 9.17) is 16.9 Å². The molecule has 5 nitrogen and oxygen atoms in total. The number of nitrogens with one attached hydrogen (secondary N) is 1. The van der Waals surface area contributed by atoms with E-state index in [1.807, 2.05) is 48.5 Å². The van der Waals surface area contributed by atoms with Gasteiger partial charge in [-0.25, -0.2) is 0 Å². The average Bonchev–Trinajstić information content (AvgIpc) is 2.89. The fourth-order valence-electron chi connectivity index (χ4n) is 4.00. The van der Waals surface area contributed by atoms with Crippen molar-refractivity contribution in [2.24, 2.45) is 0 Å². The van der Waals surface area contributed by atoms with Crippen LogP contribution in [0.3, 0.4) is 0 Å². The number of Topliss-reactive ketones (excluding diaryl/α,β-unsaturated/α-hetero) is 1. The third kappa shape index (κ3) is 5.36. The first-order valence-corrected chi connectivity index (χ1v) is 11.7. The number of aliphatic hydroxyl groups is 1. The van der Waals surface area contributed by atoms with Crippen molar-refractivity contribution in [2.45, 2.75) is 18.9 Å². The van der Waals surface area contributed by atoms with Gasteiger partial charge in [-0.1, -0.05) is 90.5 Å². The standard InChI is InChI=1S/C30H23ClN2O3/c1-20(34)22-10-12-23(13-11-22)24-7-5-6-21(16-24)18-30(36,26-8-3-2-4-9-26)29(35)33-27-15-14-25(19-32)28(31)17-27/h2-17,36H,18H2,1H3,(H,33,35). The lowest BCUT2D eigenvalue weighted by molar-refractivity contribution is -0.135. The lowest BCUT2D eigenvalue weighted by Crippen LogP contribution is -2.42. The maximum atomic E-state index is 13.5. The Morgan fingerprint density at radius 1 is 0.917 bits per heavy atom. The summed E-state index contributed by atoms with van der Waals surface area (Å²) in [6.07, 6.45) is 0.0201. The number of amides is 1. The molecule has 178 valence electrons. The summed E-state index contributed by atoms with van der Waals surface area (Å²) in [6.45, 7) is 1.52. The summed E-state index contributed by atoms with van der Waals surface area (Å²) >= 11 is 6.12. The molecule has 0 fully saturated rings. The highest BCUT2D eigenvalue weighted by Gasteiger charge is 2.38. The van der Waals surface area contributed by atoms with Gasteiger partial charge in [0.05, 0.1) is 10.6 Å². The predicted octanol–water partition coefficient (Wildman–Crippen LogP) is 6.15. The van der Waals surface area contributed by atoms with Gasteiger partial charge in [0.25, 0.3) is 5.91 Å². The van der Waals surface area contributed by atoms with Crippen molar-refractivity contribution in [1.29, 1.82) is 5.26 Å². The van der Waals surface area contributed by atoms with Crippen LogP contribution in [-0.4, -0.2) is 16.8 Å². The lowest BCUT2D eigenvalue weighted by atomic mass is 9.85. The Bertz CT molecular complexity index is 1460. The highest BCUT2D eigenvalue weighted by Crippen LogP contribution is 2.31. The van der Waals surface area contributed by atoms with Crippen LogP contribution in [0.15, 0.2) is 97.1 Å². The van der Waals surface area contributed by atoms with Gasteiger partial charge in [-0.2, -0.15) is 5.26 Å². The monoisotopic (exact) mass is 494 g/mol. The summed E-state index contributed by atoms with van der Waals surface area (Å²) < 4.78 is 0. The summed E-state index contributed by atoms with van der Waals surface area (Å²) in [5.41, 5.74) is 2.44. The Morgan fingerprint density at radius 2 is 1.64 bits per heavy atom. The maximum Gasteiger partial charge on any atom is 0.261 e. The molecule has 1 unspecified atom stereocenters. The quantitative estimate of drug-likeness (QED) is 0.301. The highest BCUT2D eigenvalue weighted by molar-refractivity contribution is 6.32. The molecule has 0 bridgehead atoms. The second kappa shape index (κ2) is 10.6. The first-order valence-electron chi connectivity index (χ1n) is 11.3. The molecule has 0 saturated heterocycles. The van der Waals surface area contributed by atoms with E-state index in [1.165, 1.54) is 19.1 Å². The van der Waals surface area contributed by atoms with Crippen molar-refractivity contribution in [3.63, 3.8) is 0 Å². The molecule has 1 atom stereocenters. The molecule has 6 heteroatoms. The molecule has 4 rings (SSSR count). The van der Waals surface area contributed by atoms with Gasteiger partial charge >= 0.3 is 0 Å². The minimum Gasteiger partial charge on any atom is -0.375 e. The Hall–Kier alpha value is -4.24. The van der Waals surface area contributed by atoms with E-state index in [2.05, 4.69) is 5.32 Å². The molecule has 36 heavy (non-hydrogen) atoms. The Balaban J connectivity index is 1.66. The van der Waals surface area contributed by atoms with Crippen molar-refractivity contribution < 1.29 is 14.7 Å². The van der Waals surface area contributed by atoms with Crippen molar-refractivity contribution in [3.05, 3.63) is 124 Å². The largest absolute Gasteiger partial charge is 0.375 e. The molecule has 0 aliphatic heterocycles. The van der Waals surface area contributed by atoms with Gasteiger partial charge in [0.1, 0.15) is 6.07 Å². The van der Waals surface area contributed by atoms with Gasteiger partial charge in [0, 0.05) is 17.7 Å². The normalized spacial score (nSPS) is 12.3. The number of carbonyl (C=O) groups excluding carboxylic acids is 2. The van der Waals surface area contributed by atoms with E-state index < -0.39 is 11.5 Å². The van der Waals surface area contributed by atoms with Gasteiger partial charge in [-0.05, 0) is 47.4 Å². The number of ketones is 1. The minimum atomic E-state index is -1.88. The molecule has 0 radical (unpaired) electrons. The van der Waals surface area contributed by atoms with Crippen molar-refractivity contribution in [3.8, 4) is 17.2 Å². The van der Waals surface area contributed by atoms with Gasteiger partial charge in [-0.3, -0.25) is 9.59 Å². The minimum absolute atomic E-state index is 0.00205. The molecule has 0 aliphatic rings. The maximum absolute atomic E-state index is 13.5. The van der Waals surface area contributed by atoms with E-state index in [9.17, 15) is 14.7 Å². The number of carbonyl (C=O) groups is 2. The van der Waals surface area contributed by atoms with E-state index in [0.29, 0.717) is 22.4 Å². The van der Waals surface area contributed by atoms with Crippen LogP contribution < -0.4 is 5.32 Å². The van der Waals surface area contributed by atoms with Crippen molar-refractivity contribution >= 4 is 29.0 Å². The van der Waals surface area contributed by atoms with Crippen molar-refractivity contribution in [1.82, 2.24) is 0 Å². The Labute approximate surface area is 214 Å². The number of rotatable bonds is 7. The number of hydrogen-bond donors (Lipinski definition) is 2. The molecule has 2 N–H and O–H groups in total. The number of halogens is 1. The molecular formula is C30H23ClN2O3. The lowest BCUT2D eigenvalue weighted by Gasteiger charge is -2.28. The Kier molecular flexibility index (Phi) is 7.30. The zero-order valence-corrected chi connectivity index (χ0v) is 20.3. The van der Waals surface area contributed by atoms with E-state index in [-0.39, 0.29) is 17.2 Å². The summed E-state index contributed by atoms with van der Waals surface area (Å²) in [5, 5.41) is 23.8. The SMILES string of the molecule is CC(=O)c1ccc(-c2cccc(CC(O)(C(=O)Nc3ccc(C#N)c(Cl)c3)c3ccccc3)c2)cc1. The summed E-state index contributed by atoms with van der Waals surface area (Å²) in [6, 6.07) is 30.2. The van der Waals surface area contributed by atoms with E-state index in [0.717, 1.165) is 16.7 Å². The van der Waals surface area contributed by atoms with Crippen LogP contribution in [0.5, 0.6) is 0 Å². The van der Waals surface area contributed by atoms with Crippen LogP contribution in [0, 0.1) is 11.3 Å². The number of nitriles is 1. The first kappa shape index (κ1) is 24.9. The Morgan fingerprint density at radius 3 is 2.28 bits per heavy atom. The molecule has 4 aromatic rings. The zero-order valence-electron chi connectivity index (χ0n) is 19.5. The van der Waals surface area contributed by atoms with Crippen LogP contribution in [0.1, 0.15) is 34.0 Å². The predicted molar refractivity (Wildman–Crippen MR) is 141 cm³/mol. The molecular weight excluding hydrogens is 472 g/mol. The fraction of sp³-hybridized carbons (Fsp3) is 0.100. The molecule has 1 amide bonds. The number of hydrogen-bond acceptors (Lipinski definition) is 4. The molecule has 0 saturated carbocycles. The molecule has 0 spiro atoms. The summed E-state index contributed by atoms with van der Waals surface area (Å²) in [4.78, 5) is 25.1. The van der Waals surface area contributed by atoms with Gasteiger partial charge in [-0.15, -0.1) is 0 Å². The summed E-state index contributed by atoms with van der Waals surface area (Å²) in [5.74, 6) is -0.622. The topological polar surface area (TPSA) is 90.2 Å². The van der Waals surface area contributed by atoms with Crippen LogP contribution in [0.4, 0.5) is 5.69 Å². The van der Waals surface area contributed by atoms with Crippen LogP contribution in [-0.2, 0) is 16.8 Å². The number of anilines is 1. The molecule has 4 aromatic carbocycles. The third-order valence-corrected chi connectivity index (χ3v) is 6.30. The van der Waals surface area contributed by atoms with Crippen LogP contribution >= 0.6 is 11.6 Å². The van der Waals surface area contributed by atoms with Crippen molar-refractivity contribution in [2.75, 3.05) is 5.32 Å². The first-order chi connectivity index (χ1) is 17.3. The smallest absolute Gasteiger partial charge is 0.261 e. The van der Waals surface area contributed by atoms with Gasteiger partial charge in [0.15, 0.2) is 11.4 Å².